The Morgan fingerprint density at radius 2 is 1.70 bits per heavy atom. The third-order valence-electron chi connectivity index (χ3n) is 4.00. The monoisotopic (exact) mass is 373 g/mol. The molecule has 0 N–H and O–H groups in total. The number of nitro benzene ring substituents is 1. The smallest absolute Gasteiger partial charge is 0.293 e. The first-order valence-electron chi connectivity index (χ1n) is 8.31. The van der Waals surface area contributed by atoms with Gasteiger partial charge >= 0.3 is 0 Å². The third kappa shape index (κ3) is 5.10. The van der Waals surface area contributed by atoms with E-state index >= 15 is 0 Å². The Bertz CT molecular complexity index is 805. The number of likely N-dealkylation sites (N-methyl/N-ethyl adjacent to an activating group) is 1. The largest absolute Gasteiger partial charge is 0.497 e. The number of nitrogens with zero attached hydrogens (tertiary/aromatic N) is 3. The molecule has 2 aromatic rings. The van der Waals surface area contributed by atoms with E-state index in [1.807, 2.05) is 0 Å². The lowest BCUT2D eigenvalue weighted by atomic mass is 10.1. The van der Waals surface area contributed by atoms with E-state index in [1.165, 1.54) is 11.0 Å². The average molecular weight is 373 g/mol. The Labute approximate surface area is 158 Å². The van der Waals surface area contributed by atoms with Crippen molar-refractivity contribution >= 4 is 17.3 Å². The molecule has 0 saturated carbocycles. The van der Waals surface area contributed by atoms with Crippen molar-refractivity contribution in [3.63, 3.8) is 0 Å². The number of methoxy groups -OCH3 is 1. The molecule has 27 heavy (non-hydrogen) atoms. The van der Waals surface area contributed by atoms with Gasteiger partial charge in [0.1, 0.15) is 23.8 Å². The van der Waals surface area contributed by atoms with E-state index in [1.54, 1.807) is 69.6 Å². The van der Waals surface area contributed by atoms with Gasteiger partial charge in [-0.1, -0.05) is 0 Å². The maximum atomic E-state index is 12.5. The lowest BCUT2D eigenvalue weighted by Crippen LogP contribution is -2.31. The van der Waals surface area contributed by atoms with Crippen LogP contribution in [0.2, 0.25) is 0 Å². The van der Waals surface area contributed by atoms with Gasteiger partial charge in [-0.25, -0.2) is 0 Å². The van der Waals surface area contributed by atoms with Crippen molar-refractivity contribution in [3.8, 4) is 11.5 Å². The maximum Gasteiger partial charge on any atom is 0.293 e. The molecule has 0 aliphatic heterocycles. The van der Waals surface area contributed by atoms with Gasteiger partial charge in [-0.3, -0.25) is 14.9 Å². The molecule has 8 nitrogen and oxygen atoms in total. The summed E-state index contributed by atoms with van der Waals surface area (Å²) >= 11 is 0. The molecule has 144 valence electrons. The molecule has 0 fully saturated rings. The van der Waals surface area contributed by atoms with Gasteiger partial charge in [-0.15, -0.1) is 0 Å². The van der Waals surface area contributed by atoms with E-state index in [0.29, 0.717) is 24.6 Å². The molecule has 2 aromatic carbocycles. The average Bonchev–Trinajstić information content (AvgIpc) is 2.67. The Balaban J connectivity index is 1.99. The number of amides is 1. The summed E-state index contributed by atoms with van der Waals surface area (Å²) in [6.07, 6.45) is 0. The molecule has 0 heterocycles. The van der Waals surface area contributed by atoms with Crippen LogP contribution in [0.3, 0.4) is 0 Å². The SMILES string of the molecule is COc1ccc(OCCN(C)C(=O)c2ccc(N(C)C)c([N+](=O)[O-])c2)cc1. The number of hydrogen-bond acceptors (Lipinski definition) is 6. The molecule has 0 radical (unpaired) electrons. The zero-order valence-corrected chi connectivity index (χ0v) is 15.8. The van der Waals surface area contributed by atoms with Crippen LogP contribution >= 0.6 is 0 Å². The minimum absolute atomic E-state index is 0.103. The van der Waals surface area contributed by atoms with Gasteiger partial charge in [-0.05, 0) is 36.4 Å². The number of ether oxygens (including phenoxy) is 2. The maximum absolute atomic E-state index is 12.5. The molecule has 2 rings (SSSR count). The highest BCUT2D eigenvalue weighted by atomic mass is 16.6. The van der Waals surface area contributed by atoms with Crippen LogP contribution in [0.1, 0.15) is 10.4 Å². The van der Waals surface area contributed by atoms with E-state index < -0.39 is 4.92 Å². The topological polar surface area (TPSA) is 85.2 Å². The number of rotatable bonds is 8. The molecule has 0 atom stereocenters. The van der Waals surface area contributed by atoms with Crippen molar-refractivity contribution in [1.82, 2.24) is 4.90 Å². The van der Waals surface area contributed by atoms with Gasteiger partial charge < -0.3 is 19.3 Å². The first kappa shape index (κ1) is 20.0. The minimum atomic E-state index is -0.487. The minimum Gasteiger partial charge on any atom is -0.497 e. The van der Waals surface area contributed by atoms with Crippen LogP contribution in [0.4, 0.5) is 11.4 Å². The first-order chi connectivity index (χ1) is 12.8. The van der Waals surface area contributed by atoms with Crippen LogP contribution < -0.4 is 14.4 Å². The van der Waals surface area contributed by atoms with Crippen LogP contribution in [0, 0.1) is 10.1 Å². The molecular weight excluding hydrogens is 350 g/mol. The Morgan fingerprint density at radius 1 is 1.07 bits per heavy atom. The Morgan fingerprint density at radius 3 is 2.26 bits per heavy atom. The third-order valence-corrected chi connectivity index (χ3v) is 4.00. The van der Waals surface area contributed by atoms with Crippen molar-refractivity contribution in [3.05, 3.63) is 58.1 Å². The summed E-state index contributed by atoms with van der Waals surface area (Å²) in [5, 5.41) is 11.3. The van der Waals surface area contributed by atoms with Gasteiger partial charge in [0.15, 0.2) is 0 Å². The van der Waals surface area contributed by atoms with Gasteiger partial charge in [0.2, 0.25) is 0 Å². The molecular formula is C19H23N3O5. The van der Waals surface area contributed by atoms with Crippen LogP contribution in [0.25, 0.3) is 0 Å². The Hall–Kier alpha value is -3.29. The van der Waals surface area contributed by atoms with Crippen molar-refractivity contribution < 1.29 is 19.2 Å². The normalized spacial score (nSPS) is 10.2. The second kappa shape index (κ2) is 8.88. The predicted octanol–water partition coefficient (Wildman–Crippen LogP) is 2.82. The van der Waals surface area contributed by atoms with Crippen LogP contribution in [-0.2, 0) is 0 Å². The molecule has 1 amide bonds. The second-order valence-electron chi connectivity index (χ2n) is 6.11. The molecule has 0 unspecified atom stereocenters. The van der Waals surface area contributed by atoms with Crippen LogP contribution in [0.15, 0.2) is 42.5 Å². The van der Waals surface area contributed by atoms with E-state index in [2.05, 4.69) is 0 Å². The van der Waals surface area contributed by atoms with Crippen molar-refractivity contribution in [2.75, 3.05) is 46.3 Å². The van der Waals surface area contributed by atoms with Crippen molar-refractivity contribution in [2.24, 2.45) is 0 Å². The van der Waals surface area contributed by atoms with Crippen molar-refractivity contribution in [2.45, 2.75) is 0 Å². The van der Waals surface area contributed by atoms with Crippen LogP contribution in [-0.4, -0.2) is 57.1 Å². The molecule has 0 bridgehead atoms. The molecule has 0 aliphatic carbocycles. The molecule has 0 aliphatic rings. The van der Waals surface area contributed by atoms with Gasteiger partial charge in [-0.2, -0.15) is 0 Å². The standard InChI is InChI=1S/C19H23N3O5/c1-20(2)17-10-5-14(13-18(17)22(24)25)19(23)21(3)11-12-27-16-8-6-15(26-4)7-9-16/h5-10,13H,11-12H2,1-4H3. The number of anilines is 1. The quantitative estimate of drug-likeness (QED) is 0.522. The summed E-state index contributed by atoms with van der Waals surface area (Å²) < 4.78 is 10.7. The highest BCUT2D eigenvalue weighted by Gasteiger charge is 2.20. The van der Waals surface area contributed by atoms with Gasteiger partial charge in [0.05, 0.1) is 18.6 Å². The lowest BCUT2D eigenvalue weighted by Gasteiger charge is -2.19. The van der Waals surface area contributed by atoms with E-state index in [9.17, 15) is 14.9 Å². The van der Waals surface area contributed by atoms with Gasteiger partial charge in [0.25, 0.3) is 11.6 Å². The fourth-order valence-corrected chi connectivity index (χ4v) is 2.48. The summed E-state index contributed by atoms with van der Waals surface area (Å²) in [4.78, 5) is 26.4. The van der Waals surface area contributed by atoms with E-state index in [4.69, 9.17) is 9.47 Å². The molecule has 0 saturated heterocycles. The summed E-state index contributed by atoms with van der Waals surface area (Å²) in [7, 11) is 6.65. The summed E-state index contributed by atoms with van der Waals surface area (Å²) in [5.74, 6) is 1.10. The van der Waals surface area contributed by atoms with Gasteiger partial charge in [0, 0.05) is 32.8 Å². The van der Waals surface area contributed by atoms with Crippen LogP contribution in [0.5, 0.6) is 11.5 Å². The second-order valence-corrected chi connectivity index (χ2v) is 6.11. The molecule has 0 aromatic heterocycles. The number of carbonyl (C=O) groups excluding carboxylic acids is 1. The molecule has 8 heteroatoms. The fourth-order valence-electron chi connectivity index (χ4n) is 2.48. The number of benzene rings is 2. The first-order valence-corrected chi connectivity index (χ1v) is 8.31. The highest BCUT2D eigenvalue weighted by molar-refractivity contribution is 5.95. The van der Waals surface area contributed by atoms with Crippen molar-refractivity contribution in [1.29, 1.82) is 0 Å². The zero-order chi connectivity index (χ0) is 20.0. The zero-order valence-electron chi connectivity index (χ0n) is 15.8. The number of carbonyl (C=O) groups is 1. The number of hydrogen-bond donors (Lipinski definition) is 0. The fraction of sp³-hybridized carbons (Fsp3) is 0.316. The summed E-state index contributed by atoms with van der Waals surface area (Å²) in [6.45, 7) is 0.639. The summed E-state index contributed by atoms with van der Waals surface area (Å²) in [5.41, 5.74) is 0.607. The molecule has 0 spiro atoms. The van der Waals surface area contributed by atoms with E-state index in [-0.39, 0.29) is 17.2 Å². The Kier molecular flexibility index (Phi) is 6.59. The summed E-state index contributed by atoms with van der Waals surface area (Å²) in [6, 6.07) is 11.6. The lowest BCUT2D eigenvalue weighted by molar-refractivity contribution is -0.384. The number of nitro groups is 1. The highest BCUT2D eigenvalue weighted by Crippen LogP contribution is 2.28. The van der Waals surface area contributed by atoms with E-state index in [0.717, 1.165) is 5.75 Å². The predicted molar refractivity (Wildman–Crippen MR) is 103 cm³/mol.